The number of thiophene rings is 4. The molecule has 4 nitrogen and oxygen atoms in total. The zero-order chi connectivity index (χ0) is 31.5. The van der Waals surface area contributed by atoms with Gasteiger partial charge >= 0.3 is 0 Å². The molecule has 2 amide bonds. The quantitative estimate of drug-likeness (QED) is 0.200. The lowest BCUT2D eigenvalue weighted by Crippen LogP contribution is -2.25. The molecule has 6 heterocycles. The van der Waals surface area contributed by atoms with Gasteiger partial charge in [-0.2, -0.15) is 0 Å². The normalized spacial score (nSPS) is 16.5. The van der Waals surface area contributed by atoms with Crippen molar-refractivity contribution in [2.75, 3.05) is 14.1 Å². The smallest absolute Gasteiger partial charge is 0.261 e. The van der Waals surface area contributed by atoms with Crippen LogP contribution in [0, 0.1) is 27.7 Å². The summed E-state index contributed by atoms with van der Waals surface area (Å²) in [5, 5.41) is 0. The molecule has 8 heteroatoms. The van der Waals surface area contributed by atoms with E-state index >= 15 is 0 Å². The predicted molar refractivity (Wildman–Crippen MR) is 189 cm³/mol. The number of fused-ring (bicyclic) bond motifs is 3. The Morgan fingerprint density at radius 3 is 1.30 bits per heavy atom. The second-order valence-electron chi connectivity index (χ2n) is 13.2. The molecule has 0 saturated carbocycles. The maximum Gasteiger partial charge on any atom is 0.261 e. The highest BCUT2D eigenvalue weighted by atomic mass is 32.1. The van der Waals surface area contributed by atoms with Crippen molar-refractivity contribution in [3.05, 3.63) is 52.9 Å². The molecule has 0 aliphatic carbocycles. The molecule has 0 fully saturated rings. The average Bonchev–Trinajstić information content (AvgIpc) is 3.78. The Kier molecular flexibility index (Phi) is 7.24. The Morgan fingerprint density at radius 1 is 0.558 bits per heavy atom. The molecule has 43 heavy (non-hydrogen) atoms. The Hall–Kier alpha value is -2.26. The molecule has 2 aliphatic rings. The number of carbonyl (C=O) groups excluding carboxylic acids is 2. The summed E-state index contributed by atoms with van der Waals surface area (Å²) in [6, 6.07) is 0. The van der Waals surface area contributed by atoms with Gasteiger partial charge in [0.1, 0.15) is 0 Å². The predicted octanol–water partition coefficient (Wildman–Crippen LogP) is 10.3. The molecule has 4 aromatic heterocycles. The second kappa shape index (κ2) is 10.1. The highest BCUT2D eigenvalue weighted by Gasteiger charge is 2.48. The molecule has 0 radical (unpaired) electrons. The number of aryl methyl sites for hydroxylation is 4. The van der Waals surface area contributed by atoms with Crippen LogP contribution >= 0.6 is 45.3 Å². The minimum atomic E-state index is -0.0866. The summed E-state index contributed by atoms with van der Waals surface area (Å²) in [6.45, 7) is 22.6. The van der Waals surface area contributed by atoms with Gasteiger partial charge in [0.25, 0.3) is 11.8 Å². The van der Waals surface area contributed by atoms with E-state index < -0.39 is 0 Å². The Bertz CT molecular complexity index is 1930. The van der Waals surface area contributed by atoms with E-state index in [-0.39, 0.29) is 22.6 Å². The molecular formula is C35H42N2O2S4. The molecule has 6 rings (SSSR count). The Labute approximate surface area is 271 Å². The van der Waals surface area contributed by atoms with Crippen LogP contribution in [0.5, 0.6) is 0 Å². The van der Waals surface area contributed by atoms with Crippen molar-refractivity contribution < 1.29 is 9.59 Å². The molecule has 0 bridgehead atoms. The Morgan fingerprint density at radius 2 is 0.930 bits per heavy atom. The first kappa shape index (κ1) is 30.8. The molecule has 0 spiro atoms. The van der Waals surface area contributed by atoms with Gasteiger partial charge in [0, 0.05) is 48.1 Å². The number of hydrogen-bond acceptors (Lipinski definition) is 6. The van der Waals surface area contributed by atoms with Crippen LogP contribution in [0.15, 0.2) is 11.1 Å². The van der Waals surface area contributed by atoms with Gasteiger partial charge < -0.3 is 9.80 Å². The third kappa shape index (κ3) is 4.01. The monoisotopic (exact) mass is 650 g/mol. The third-order valence-corrected chi connectivity index (χ3v) is 17.0. The standard InChI is InChI=1S/C35H42N2O2S4/c1-13-34(8,9)30-18(6)28-26(42-30)16(4)24(40-28)22-20-21(33(39)36(22)11)23(37(12)32(20)38)25-17(5)27-29(41-25)19(7)31(43-27)35(10,14-2)15-3/h13-15H2,1-12H3. The fraction of sp³-hybridized carbons (Fsp3) is 0.486. The number of nitrogens with zero attached hydrogens (tertiary/aromatic N) is 2. The molecule has 0 N–H and O–H groups in total. The van der Waals surface area contributed by atoms with Crippen LogP contribution in [0.2, 0.25) is 0 Å². The van der Waals surface area contributed by atoms with Crippen molar-refractivity contribution in [2.24, 2.45) is 0 Å². The van der Waals surface area contributed by atoms with Gasteiger partial charge in [-0.3, -0.25) is 9.59 Å². The lowest BCUT2D eigenvalue weighted by atomic mass is 9.82. The van der Waals surface area contributed by atoms with E-state index in [2.05, 4.69) is 69.2 Å². The highest BCUT2D eigenvalue weighted by molar-refractivity contribution is 7.29. The van der Waals surface area contributed by atoms with Crippen LogP contribution < -0.4 is 0 Å². The fourth-order valence-corrected chi connectivity index (χ4v) is 13.0. The maximum atomic E-state index is 14.1. The summed E-state index contributed by atoms with van der Waals surface area (Å²) < 4.78 is 5.15. The van der Waals surface area contributed by atoms with Crippen molar-refractivity contribution in [3.63, 3.8) is 0 Å². The van der Waals surface area contributed by atoms with Crippen LogP contribution in [0.4, 0.5) is 0 Å². The van der Waals surface area contributed by atoms with Crippen LogP contribution in [-0.2, 0) is 20.4 Å². The first-order valence-corrected chi connectivity index (χ1v) is 18.5. The number of hydrogen-bond donors (Lipinski definition) is 0. The summed E-state index contributed by atoms with van der Waals surface area (Å²) in [7, 11) is 3.67. The minimum Gasteiger partial charge on any atom is -0.309 e. The first-order chi connectivity index (χ1) is 20.1. The van der Waals surface area contributed by atoms with Crippen LogP contribution in [0.3, 0.4) is 0 Å². The van der Waals surface area contributed by atoms with E-state index in [0.29, 0.717) is 11.1 Å². The highest BCUT2D eigenvalue weighted by Crippen LogP contribution is 2.54. The van der Waals surface area contributed by atoms with Crippen LogP contribution in [-0.4, -0.2) is 35.7 Å². The van der Waals surface area contributed by atoms with Gasteiger partial charge in [-0.25, -0.2) is 0 Å². The SMILES string of the molecule is CCC(C)(C)c1sc2c(C)c(C3=C4C(=O)N(C)C(c5sc6c(C)c(C(C)(CC)CC)sc6c5C)=C4C(=O)N3C)sc2c1C. The second-order valence-corrected chi connectivity index (χ2v) is 17.3. The summed E-state index contributed by atoms with van der Waals surface area (Å²) in [4.78, 5) is 36.6. The van der Waals surface area contributed by atoms with E-state index in [1.54, 1.807) is 32.5 Å². The molecule has 4 aromatic rings. The van der Waals surface area contributed by atoms with Gasteiger partial charge in [-0.05, 0) is 74.6 Å². The van der Waals surface area contributed by atoms with Crippen molar-refractivity contribution in [3.8, 4) is 0 Å². The molecule has 0 aromatic carbocycles. The van der Waals surface area contributed by atoms with E-state index in [0.717, 1.165) is 40.4 Å². The van der Waals surface area contributed by atoms with Crippen molar-refractivity contribution in [2.45, 2.75) is 99.3 Å². The van der Waals surface area contributed by atoms with Gasteiger partial charge in [-0.15, -0.1) is 45.3 Å². The largest absolute Gasteiger partial charge is 0.309 e. The number of rotatable bonds is 7. The molecule has 0 atom stereocenters. The molecule has 0 unspecified atom stereocenters. The van der Waals surface area contributed by atoms with Crippen molar-refractivity contribution >= 4 is 87.4 Å². The number of likely N-dealkylation sites (N-methyl/N-ethyl adjacent to an activating group) is 2. The average molecular weight is 651 g/mol. The Balaban J connectivity index is 1.55. The summed E-state index contributed by atoms with van der Waals surface area (Å²) >= 11 is 7.27. The maximum absolute atomic E-state index is 14.1. The minimum absolute atomic E-state index is 0.0866. The molecule has 0 saturated heterocycles. The van der Waals surface area contributed by atoms with Crippen LogP contribution in [0.1, 0.15) is 103 Å². The molecular weight excluding hydrogens is 609 g/mol. The molecule has 2 aliphatic heterocycles. The summed E-state index contributed by atoms with van der Waals surface area (Å²) in [6.07, 6.45) is 3.28. The van der Waals surface area contributed by atoms with Gasteiger partial charge in [0.2, 0.25) is 0 Å². The van der Waals surface area contributed by atoms with Gasteiger partial charge in [-0.1, -0.05) is 41.5 Å². The molecule has 228 valence electrons. The third-order valence-electron chi connectivity index (χ3n) is 10.4. The van der Waals surface area contributed by atoms with Gasteiger partial charge in [0.15, 0.2) is 0 Å². The zero-order valence-electron chi connectivity index (χ0n) is 27.5. The lowest BCUT2D eigenvalue weighted by Gasteiger charge is -2.26. The van der Waals surface area contributed by atoms with Crippen molar-refractivity contribution in [1.82, 2.24) is 9.80 Å². The van der Waals surface area contributed by atoms with Crippen LogP contribution in [0.25, 0.3) is 30.2 Å². The summed E-state index contributed by atoms with van der Waals surface area (Å²) in [5.74, 6) is -0.173. The van der Waals surface area contributed by atoms with Crippen molar-refractivity contribution in [1.29, 1.82) is 0 Å². The number of amides is 2. The number of carbonyl (C=O) groups is 2. The topological polar surface area (TPSA) is 40.6 Å². The zero-order valence-corrected chi connectivity index (χ0v) is 30.7. The van der Waals surface area contributed by atoms with E-state index in [9.17, 15) is 9.59 Å². The fourth-order valence-electron chi connectivity index (χ4n) is 6.76. The van der Waals surface area contributed by atoms with E-state index in [1.807, 2.05) is 36.8 Å². The lowest BCUT2D eigenvalue weighted by molar-refractivity contribution is -0.123. The van der Waals surface area contributed by atoms with E-state index in [1.165, 1.54) is 50.8 Å². The first-order valence-electron chi connectivity index (χ1n) is 15.3. The van der Waals surface area contributed by atoms with Gasteiger partial charge in [0.05, 0.1) is 32.3 Å². The summed E-state index contributed by atoms with van der Waals surface area (Å²) in [5.41, 5.74) is 7.98. The van der Waals surface area contributed by atoms with E-state index in [4.69, 9.17) is 0 Å².